The van der Waals surface area contributed by atoms with Gasteiger partial charge in [-0.3, -0.25) is 9.20 Å². The van der Waals surface area contributed by atoms with Crippen molar-refractivity contribution in [3.8, 4) is 0 Å². The lowest BCUT2D eigenvalue weighted by Gasteiger charge is -2.35. The van der Waals surface area contributed by atoms with Crippen LogP contribution in [0.15, 0.2) is 52.6 Å². The maximum atomic E-state index is 13.4. The molecule has 1 aromatic carbocycles. The van der Waals surface area contributed by atoms with Gasteiger partial charge >= 0.3 is 5.97 Å². The third-order valence-electron chi connectivity index (χ3n) is 5.10. The Morgan fingerprint density at radius 1 is 1.12 bits per heavy atom. The maximum Gasteiger partial charge on any atom is 0.316 e. The first kappa shape index (κ1) is 23.5. The van der Waals surface area contributed by atoms with Crippen LogP contribution in [0.1, 0.15) is 13.8 Å². The minimum absolute atomic E-state index is 0.0430. The summed E-state index contributed by atoms with van der Waals surface area (Å²) in [4.78, 5) is 13.9. The summed E-state index contributed by atoms with van der Waals surface area (Å²) in [5, 5.41) is 8.55. The molecular formula is C21H24FN5O4S2. The maximum absolute atomic E-state index is 13.4. The van der Waals surface area contributed by atoms with Crippen molar-refractivity contribution in [2.45, 2.75) is 30.0 Å². The molecule has 0 N–H and O–H groups in total. The zero-order valence-corrected chi connectivity index (χ0v) is 19.9. The Morgan fingerprint density at radius 3 is 2.48 bits per heavy atom. The quantitative estimate of drug-likeness (QED) is 0.366. The van der Waals surface area contributed by atoms with E-state index in [4.69, 9.17) is 4.74 Å². The predicted octanol–water partition coefficient (Wildman–Crippen LogP) is 2.42. The number of piperazine rings is 1. The fourth-order valence-electron chi connectivity index (χ4n) is 3.57. The zero-order valence-electron chi connectivity index (χ0n) is 18.2. The number of fused-ring (bicyclic) bond motifs is 1. The molecule has 3 heterocycles. The molecule has 1 saturated heterocycles. The Morgan fingerprint density at radius 2 is 1.82 bits per heavy atom. The molecule has 0 radical (unpaired) electrons. The van der Waals surface area contributed by atoms with Gasteiger partial charge in [-0.05, 0) is 50.2 Å². The van der Waals surface area contributed by atoms with E-state index >= 15 is 0 Å². The van der Waals surface area contributed by atoms with Crippen molar-refractivity contribution in [3.63, 3.8) is 0 Å². The van der Waals surface area contributed by atoms with Crippen molar-refractivity contribution in [2.75, 3.05) is 36.8 Å². The molecule has 0 amide bonds. The van der Waals surface area contributed by atoms with Crippen molar-refractivity contribution >= 4 is 39.1 Å². The van der Waals surface area contributed by atoms with Crippen molar-refractivity contribution in [1.82, 2.24) is 18.9 Å². The molecule has 3 aromatic rings. The zero-order chi connectivity index (χ0) is 23.6. The second-order valence-electron chi connectivity index (χ2n) is 7.74. The van der Waals surface area contributed by atoms with E-state index in [-0.39, 0.29) is 47.3 Å². The van der Waals surface area contributed by atoms with Gasteiger partial charge in [-0.15, -0.1) is 10.2 Å². The summed E-state index contributed by atoms with van der Waals surface area (Å²) in [6.07, 6.45) is 1.45. The molecule has 12 heteroatoms. The van der Waals surface area contributed by atoms with Crippen LogP contribution in [0, 0.1) is 5.82 Å². The summed E-state index contributed by atoms with van der Waals surface area (Å²) in [6, 6.07) is 9.28. The number of pyridine rings is 1. The van der Waals surface area contributed by atoms with E-state index in [1.54, 1.807) is 42.6 Å². The minimum atomic E-state index is -3.81. The van der Waals surface area contributed by atoms with Gasteiger partial charge < -0.3 is 9.64 Å². The van der Waals surface area contributed by atoms with Crippen LogP contribution < -0.4 is 4.90 Å². The smallest absolute Gasteiger partial charge is 0.316 e. The van der Waals surface area contributed by atoms with Gasteiger partial charge in [0.15, 0.2) is 10.8 Å². The van der Waals surface area contributed by atoms with Crippen LogP contribution >= 0.6 is 11.8 Å². The number of ether oxygens (including phenoxy) is 1. The molecule has 0 aliphatic carbocycles. The molecule has 0 unspecified atom stereocenters. The summed E-state index contributed by atoms with van der Waals surface area (Å²) in [5.74, 6) is -0.647. The third-order valence-corrected chi connectivity index (χ3v) is 7.94. The molecular weight excluding hydrogens is 469 g/mol. The van der Waals surface area contributed by atoms with Gasteiger partial charge in [0.2, 0.25) is 10.0 Å². The van der Waals surface area contributed by atoms with Gasteiger partial charge in [0.1, 0.15) is 10.7 Å². The van der Waals surface area contributed by atoms with Gasteiger partial charge in [-0.25, -0.2) is 12.8 Å². The Kier molecular flexibility index (Phi) is 6.86. The number of sulfonamides is 1. The summed E-state index contributed by atoms with van der Waals surface area (Å²) < 4.78 is 48.1. The molecule has 1 aliphatic heterocycles. The number of hydrogen-bond donors (Lipinski definition) is 0. The summed E-state index contributed by atoms with van der Waals surface area (Å²) in [7, 11) is -3.81. The van der Waals surface area contributed by atoms with E-state index in [0.29, 0.717) is 18.2 Å². The molecule has 2 aromatic heterocycles. The first-order valence-corrected chi connectivity index (χ1v) is 12.8. The first-order chi connectivity index (χ1) is 15.8. The van der Waals surface area contributed by atoms with E-state index in [2.05, 4.69) is 10.2 Å². The number of carbonyl (C=O) groups is 1. The number of carbonyl (C=O) groups excluding carboxylic acids is 1. The Hall–Kier alpha value is -2.70. The molecule has 1 aliphatic rings. The van der Waals surface area contributed by atoms with E-state index < -0.39 is 10.0 Å². The van der Waals surface area contributed by atoms with Gasteiger partial charge in [0.25, 0.3) is 0 Å². The average molecular weight is 494 g/mol. The number of thioether (sulfide) groups is 1. The molecule has 4 rings (SSSR count). The van der Waals surface area contributed by atoms with E-state index in [1.165, 1.54) is 22.5 Å². The van der Waals surface area contributed by atoms with Crippen LogP contribution in [-0.2, 0) is 19.6 Å². The van der Waals surface area contributed by atoms with E-state index in [9.17, 15) is 17.6 Å². The van der Waals surface area contributed by atoms with E-state index in [1.807, 2.05) is 4.90 Å². The largest absolute Gasteiger partial charge is 0.462 e. The van der Waals surface area contributed by atoms with Gasteiger partial charge in [-0.2, -0.15) is 4.31 Å². The second kappa shape index (κ2) is 9.65. The molecule has 33 heavy (non-hydrogen) atoms. The molecule has 1 fully saturated rings. The van der Waals surface area contributed by atoms with Crippen LogP contribution in [0.2, 0.25) is 0 Å². The lowest BCUT2D eigenvalue weighted by molar-refractivity contribution is -0.144. The lowest BCUT2D eigenvalue weighted by Crippen LogP contribution is -2.48. The summed E-state index contributed by atoms with van der Waals surface area (Å²) in [5.41, 5.74) is 1.06. The summed E-state index contributed by atoms with van der Waals surface area (Å²) >= 11 is 1.13. The highest BCUT2D eigenvalue weighted by Gasteiger charge is 2.31. The van der Waals surface area contributed by atoms with Crippen LogP contribution in [0.5, 0.6) is 0 Å². The van der Waals surface area contributed by atoms with Crippen LogP contribution in [0.25, 0.3) is 5.65 Å². The average Bonchev–Trinajstić information content (AvgIpc) is 3.21. The highest BCUT2D eigenvalue weighted by molar-refractivity contribution is 7.99. The van der Waals surface area contributed by atoms with E-state index in [0.717, 1.165) is 17.4 Å². The number of benzene rings is 1. The van der Waals surface area contributed by atoms with Crippen LogP contribution in [0.4, 0.5) is 10.1 Å². The fourth-order valence-corrected chi connectivity index (χ4v) is 5.81. The van der Waals surface area contributed by atoms with Crippen molar-refractivity contribution < 1.29 is 22.3 Å². The Bertz CT molecular complexity index is 1240. The number of aromatic nitrogens is 3. The monoisotopic (exact) mass is 493 g/mol. The molecule has 0 saturated carbocycles. The number of halogens is 1. The first-order valence-electron chi connectivity index (χ1n) is 10.4. The Balaban J connectivity index is 1.49. The summed E-state index contributed by atoms with van der Waals surface area (Å²) in [6.45, 7) is 5.09. The van der Waals surface area contributed by atoms with Crippen molar-refractivity contribution in [3.05, 3.63) is 48.4 Å². The number of anilines is 1. The number of hydrogen-bond acceptors (Lipinski definition) is 8. The number of rotatable bonds is 7. The molecule has 9 nitrogen and oxygen atoms in total. The van der Waals surface area contributed by atoms with Crippen molar-refractivity contribution in [1.29, 1.82) is 0 Å². The molecule has 0 bridgehead atoms. The predicted molar refractivity (Wildman–Crippen MR) is 122 cm³/mol. The number of nitrogens with zero attached hydrogens (tertiary/aromatic N) is 5. The highest BCUT2D eigenvalue weighted by atomic mass is 32.2. The molecule has 0 atom stereocenters. The SMILES string of the molecule is CC(C)OC(=O)CSc1nnc2c(S(=O)(=O)N3CCN(c4ccc(F)cc4)CC3)cccn12. The second-order valence-corrected chi connectivity index (χ2v) is 10.6. The topological polar surface area (TPSA) is 97.1 Å². The van der Waals surface area contributed by atoms with Crippen molar-refractivity contribution in [2.24, 2.45) is 0 Å². The van der Waals surface area contributed by atoms with Crippen LogP contribution in [-0.4, -0.2) is 71.3 Å². The molecule has 176 valence electrons. The number of esters is 1. The fraction of sp³-hybridized carbons (Fsp3) is 0.381. The lowest BCUT2D eigenvalue weighted by atomic mass is 10.2. The van der Waals surface area contributed by atoms with Gasteiger partial charge in [0.05, 0.1) is 11.9 Å². The van der Waals surface area contributed by atoms with Gasteiger partial charge in [-0.1, -0.05) is 11.8 Å². The normalized spacial score (nSPS) is 15.3. The third kappa shape index (κ3) is 5.12. The van der Waals surface area contributed by atoms with Gasteiger partial charge in [0, 0.05) is 38.1 Å². The standard InChI is InChI=1S/C21H24FN5O4S2/c1-15(2)31-19(28)14-32-21-24-23-20-18(4-3-9-27(20)21)33(29,30)26-12-10-25(11-13-26)17-7-5-16(22)6-8-17/h3-9,15H,10-14H2,1-2H3. The Labute approximate surface area is 195 Å². The minimum Gasteiger partial charge on any atom is -0.462 e. The molecule has 0 spiro atoms. The van der Waals surface area contributed by atoms with Crippen LogP contribution in [0.3, 0.4) is 0 Å². The highest BCUT2D eigenvalue weighted by Crippen LogP contribution is 2.26.